The lowest BCUT2D eigenvalue weighted by Gasteiger charge is -2.30. The summed E-state index contributed by atoms with van der Waals surface area (Å²) in [6.45, 7) is 7.57. The molecule has 1 saturated heterocycles. The number of nitrogens with zero attached hydrogens (tertiary/aromatic N) is 3. The summed E-state index contributed by atoms with van der Waals surface area (Å²) < 4.78 is 31.7. The van der Waals surface area contributed by atoms with Crippen LogP contribution in [0.3, 0.4) is 0 Å². The molecule has 0 saturated carbocycles. The van der Waals surface area contributed by atoms with E-state index < -0.39 is 12.1 Å². The minimum absolute atomic E-state index is 0.00190. The van der Waals surface area contributed by atoms with Crippen molar-refractivity contribution in [2.75, 3.05) is 31.1 Å². The zero-order valence-electron chi connectivity index (χ0n) is 16.3. The number of thiophene rings is 1. The minimum atomic E-state index is -5.08. The zero-order chi connectivity index (χ0) is 22.1. The molecule has 0 unspecified atom stereocenters. The monoisotopic (exact) mass is 443 g/mol. The molecule has 12 heteroatoms. The number of H-pyrrole nitrogens is 1. The summed E-state index contributed by atoms with van der Waals surface area (Å²) in [6, 6.07) is 2.01. The number of hydrogen-bond acceptors (Lipinski definition) is 7. The van der Waals surface area contributed by atoms with Gasteiger partial charge < -0.3 is 20.3 Å². The Balaban J connectivity index is 0.000000318. The van der Waals surface area contributed by atoms with Crippen molar-refractivity contribution in [2.45, 2.75) is 26.4 Å². The van der Waals surface area contributed by atoms with Gasteiger partial charge in [0.25, 0.3) is 0 Å². The van der Waals surface area contributed by atoms with Crippen molar-refractivity contribution in [3.05, 3.63) is 26.9 Å². The molecule has 1 aliphatic rings. The molecule has 162 valence electrons. The van der Waals surface area contributed by atoms with E-state index in [2.05, 4.69) is 32.1 Å². The first-order valence-corrected chi connectivity index (χ1v) is 10.0. The summed E-state index contributed by atoms with van der Waals surface area (Å²) in [4.78, 5) is 38.7. The Morgan fingerprint density at radius 2 is 1.93 bits per heavy atom. The molecular formula is C18H20F3N5O3S. The van der Waals surface area contributed by atoms with E-state index in [0.29, 0.717) is 11.2 Å². The van der Waals surface area contributed by atoms with E-state index in [1.165, 1.54) is 0 Å². The zero-order valence-corrected chi connectivity index (χ0v) is 17.1. The predicted octanol–water partition coefficient (Wildman–Crippen LogP) is 2.45. The van der Waals surface area contributed by atoms with E-state index in [1.807, 2.05) is 13.0 Å². The van der Waals surface area contributed by atoms with Crippen LogP contribution in [0.5, 0.6) is 0 Å². The number of aromatic amines is 1. The van der Waals surface area contributed by atoms with Crippen molar-refractivity contribution < 1.29 is 23.1 Å². The number of piperazine rings is 1. The van der Waals surface area contributed by atoms with Crippen LogP contribution in [0, 0.1) is 6.92 Å². The number of carboxylic acids is 1. The Bertz CT molecular complexity index is 1140. The number of alkyl halides is 3. The standard InChI is InChI=1S/C16H19N5OS.C2HF3O2/c1-3-10-13(21-6-4-17-5-7-21)14(22)12-15(18-10)19-11-8-9(2)23-16(11)20-12;3-2(4,5)1(6)7/h8,17H,3-7H2,1-2H3,(H,18,19,22);(H,6,7). The molecule has 1 fully saturated rings. The van der Waals surface area contributed by atoms with E-state index in [9.17, 15) is 18.0 Å². The predicted molar refractivity (Wildman–Crippen MR) is 108 cm³/mol. The molecule has 0 amide bonds. The number of nitrogens with one attached hydrogen (secondary N) is 2. The number of aryl methyl sites for hydroxylation is 2. The van der Waals surface area contributed by atoms with E-state index >= 15 is 0 Å². The first kappa shape index (κ1) is 22.0. The summed E-state index contributed by atoms with van der Waals surface area (Å²) >= 11 is 1.58. The Kier molecular flexibility index (Phi) is 6.27. The summed E-state index contributed by atoms with van der Waals surface area (Å²) in [6.07, 6.45) is -4.31. The van der Waals surface area contributed by atoms with Crippen molar-refractivity contribution in [3.63, 3.8) is 0 Å². The van der Waals surface area contributed by atoms with Gasteiger partial charge >= 0.3 is 12.1 Å². The Morgan fingerprint density at radius 1 is 1.30 bits per heavy atom. The van der Waals surface area contributed by atoms with E-state index in [4.69, 9.17) is 9.90 Å². The number of hydrogen-bond donors (Lipinski definition) is 3. The molecule has 0 atom stereocenters. The summed E-state index contributed by atoms with van der Waals surface area (Å²) in [5.41, 5.74) is 3.61. The Labute approximate surface area is 172 Å². The fraction of sp³-hybridized carbons (Fsp3) is 0.444. The second kappa shape index (κ2) is 8.56. The first-order valence-electron chi connectivity index (χ1n) is 9.20. The van der Waals surface area contributed by atoms with Gasteiger partial charge in [-0.15, -0.1) is 11.3 Å². The van der Waals surface area contributed by atoms with Gasteiger partial charge in [-0.3, -0.25) is 4.79 Å². The number of aliphatic carboxylic acids is 1. The number of aromatic nitrogens is 3. The van der Waals surface area contributed by atoms with Crippen molar-refractivity contribution in [3.8, 4) is 0 Å². The van der Waals surface area contributed by atoms with Crippen molar-refractivity contribution in [1.29, 1.82) is 0 Å². The minimum Gasteiger partial charge on any atom is -0.475 e. The van der Waals surface area contributed by atoms with Gasteiger partial charge in [-0.05, 0) is 19.4 Å². The number of pyridine rings is 1. The normalized spacial score (nSPS) is 14.6. The highest BCUT2D eigenvalue weighted by atomic mass is 32.1. The van der Waals surface area contributed by atoms with Crippen LogP contribution in [0.2, 0.25) is 0 Å². The van der Waals surface area contributed by atoms with Crippen LogP contribution >= 0.6 is 11.3 Å². The quantitative estimate of drug-likeness (QED) is 0.558. The maximum Gasteiger partial charge on any atom is 0.490 e. The van der Waals surface area contributed by atoms with Crippen molar-refractivity contribution >= 4 is 44.5 Å². The molecule has 0 bridgehead atoms. The molecule has 0 spiro atoms. The van der Waals surface area contributed by atoms with Gasteiger partial charge in [0.05, 0.1) is 0 Å². The highest BCUT2D eigenvalue weighted by Crippen LogP contribution is 2.25. The van der Waals surface area contributed by atoms with E-state index in [1.54, 1.807) is 11.3 Å². The molecule has 3 aromatic heterocycles. The largest absolute Gasteiger partial charge is 0.490 e. The molecule has 0 aromatic carbocycles. The van der Waals surface area contributed by atoms with E-state index in [0.717, 1.165) is 59.2 Å². The number of anilines is 1. The van der Waals surface area contributed by atoms with Gasteiger partial charge in [0.15, 0.2) is 11.2 Å². The number of rotatable bonds is 2. The third kappa shape index (κ3) is 4.54. The molecule has 1 aliphatic heterocycles. The molecular weight excluding hydrogens is 423 g/mol. The summed E-state index contributed by atoms with van der Waals surface area (Å²) in [5.74, 6) is -2.76. The van der Waals surface area contributed by atoms with Gasteiger partial charge in [0, 0.05) is 36.8 Å². The van der Waals surface area contributed by atoms with Crippen LogP contribution in [0.4, 0.5) is 18.9 Å². The number of halogens is 3. The van der Waals surface area contributed by atoms with Gasteiger partial charge in [-0.2, -0.15) is 13.2 Å². The lowest BCUT2D eigenvalue weighted by molar-refractivity contribution is -0.192. The van der Waals surface area contributed by atoms with Crippen molar-refractivity contribution in [1.82, 2.24) is 20.3 Å². The van der Waals surface area contributed by atoms with Crippen LogP contribution in [0.1, 0.15) is 17.5 Å². The average Bonchev–Trinajstić information content (AvgIpc) is 3.05. The smallest absolute Gasteiger partial charge is 0.475 e. The molecule has 3 N–H and O–H groups in total. The van der Waals surface area contributed by atoms with Crippen LogP contribution in [0.25, 0.3) is 21.5 Å². The van der Waals surface area contributed by atoms with Gasteiger partial charge in [0.1, 0.15) is 16.0 Å². The Hall–Kier alpha value is -2.73. The molecule has 0 radical (unpaired) electrons. The SMILES string of the molecule is CCc1[nH]c2nc3cc(C)sc3nc2c(=O)c1N1CCNCC1.O=C(O)C(F)(F)F. The third-order valence-corrected chi connectivity index (χ3v) is 5.43. The maximum absolute atomic E-state index is 13.1. The number of fused-ring (bicyclic) bond motifs is 2. The van der Waals surface area contributed by atoms with Crippen LogP contribution in [-0.2, 0) is 11.2 Å². The third-order valence-electron chi connectivity index (χ3n) is 4.50. The highest BCUT2D eigenvalue weighted by Gasteiger charge is 2.38. The fourth-order valence-electron chi connectivity index (χ4n) is 3.15. The van der Waals surface area contributed by atoms with Crippen molar-refractivity contribution in [2.24, 2.45) is 0 Å². The van der Waals surface area contributed by atoms with Gasteiger partial charge in [0.2, 0.25) is 5.43 Å². The number of carbonyl (C=O) groups is 1. The molecule has 4 heterocycles. The molecule has 4 rings (SSSR count). The van der Waals surface area contributed by atoms with Crippen LogP contribution in [0.15, 0.2) is 10.9 Å². The van der Waals surface area contributed by atoms with Gasteiger partial charge in [-0.1, -0.05) is 6.92 Å². The van der Waals surface area contributed by atoms with Gasteiger partial charge in [-0.25, -0.2) is 14.8 Å². The molecule has 3 aromatic rings. The second-order valence-electron chi connectivity index (χ2n) is 6.64. The average molecular weight is 443 g/mol. The fourth-order valence-corrected chi connectivity index (χ4v) is 3.97. The topological polar surface area (TPSA) is 111 Å². The van der Waals surface area contributed by atoms with Crippen LogP contribution < -0.4 is 15.6 Å². The second-order valence-corrected chi connectivity index (χ2v) is 7.88. The highest BCUT2D eigenvalue weighted by molar-refractivity contribution is 7.18. The maximum atomic E-state index is 13.1. The van der Waals surface area contributed by atoms with E-state index in [-0.39, 0.29) is 5.43 Å². The lowest BCUT2D eigenvalue weighted by Crippen LogP contribution is -2.45. The molecule has 8 nitrogen and oxygen atoms in total. The lowest BCUT2D eigenvalue weighted by atomic mass is 10.2. The number of carboxylic acid groups (broad SMARTS) is 1. The molecule has 0 aliphatic carbocycles. The summed E-state index contributed by atoms with van der Waals surface area (Å²) in [7, 11) is 0. The molecule has 30 heavy (non-hydrogen) atoms. The van der Waals surface area contributed by atoms with Crippen LogP contribution in [-0.4, -0.2) is 58.4 Å². The summed E-state index contributed by atoms with van der Waals surface area (Å²) in [5, 5.41) is 10.5. The Morgan fingerprint density at radius 3 is 2.50 bits per heavy atom. The first-order chi connectivity index (χ1) is 14.1.